The van der Waals surface area contributed by atoms with Crippen LogP contribution in [-0.4, -0.2) is 35.1 Å². The number of halogens is 5. The van der Waals surface area contributed by atoms with Crippen molar-refractivity contribution in [3.05, 3.63) is 28.2 Å². The minimum atomic E-state index is -5.08. The van der Waals surface area contributed by atoms with Gasteiger partial charge < -0.3 is 4.90 Å². The first-order valence-corrected chi connectivity index (χ1v) is 8.19. The van der Waals surface area contributed by atoms with E-state index in [9.17, 15) is 22.8 Å². The lowest BCUT2D eigenvalue weighted by Gasteiger charge is -2.40. The van der Waals surface area contributed by atoms with Crippen molar-refractivity contribution in [1.82, 2.24) is 4.90 Å². The summed E-state index contributed by atoms with van der Waals surface area (Å²) in [6.07, 6.45) is -6.22. The number of hydrogen-bond donors (Lipinski definition) is 0. The summed E-state index contributed by atoms with van der Waals surface area (Å²) in [5.74, 6) is -2.68. The first kappa shape index (κ1) is 19.8. The van der Waals surface area contributed by atoms with E-state index in [4.69, 9.17) is 23.2 Å². The molecule has 2 rings (SSSR count). The van der Waals surface area contributed by atoms with Crippen LogP contribution in [0.2, 0.25) is 10.0 Å². The van der Waals surface area contributed by atoms with Gasteiger partial charge in [-0.25, -0.2) is 0 Å². The van der Waals surface area contributed by atoms with Crippen molar-refractivity contribution in [2.75, 3.05) is 4.90 Å². The standard InChI is InChI=1S/C16H17Cl2F3N2O2/c1-8-12(24)23(11-6-9(17)5-10(18)7-11)13(15(2,3)4)22(8)14(25)16(19,20)21/h5-8,13H,1-4H3. The number of anilines is 1. The third-order valence-electron chi connectivity index (χ3n) is 3.90. The fourth-order valence-corrected chi connectivity index (χ4v) is 3.48. The summed E-state index contributed by atoms with van der Waals surface area (Å²) in [7, 11) is 0. The SMILES string of the molecule is CC1C(=O)N(c2cc(Cl)cc(Cl)c2)C(C(C)(C)C)N1C(=O)C(F)(F)F. The number of alkyl halides is 3. The van der Waals surface area contributed by atoms with Gasteiger partial charge in [0.05, 0.1) is 0 Å². The number of hydrogen-bond acceptors (Lipinski definition) is 2. The molecule has 0 aliphatic carbocycles. The van der Waals surface area contributed by atoms with Crippen molar-refractivity contribution in [3.63, 3.8) is 0 Å². The molecule has 1 saturated heterocycles. The second kappa shape index (κ2) is 6.36. The summed E-state index contributed by atoms with van der Waals surface area (Å²) in [6.45, 7) is 6.23. The quantitative estimate of drug-likeness (QED) is 0.701. The number of carbonyl (C=O) groups is 2. The first-order valence-electron chi connectivity index (χ1n) is 7.44. The lowest BCUT2D eigenvalue weighted by atomic mass is 9.90. The van der Waals surface area contributed by atoms with Crippen LogP contribution < -0.4 is 4.90 Å². The maximum atomic E-state index is 13.1. The zero-order chi connectivity index (χ0) is 19.3. The van der Waals surface area contributed by atoms with Gasteiger partial charge in [0.1, 0.15) is 12.2 Å². The Labute approximate surface area is 153 Å². The lowest BCUT2D eigenvalue weighted by molar-refractivity contribution is -0.190. The van der Waals surface area contributed by atoms with Crippen molar-refractivity contribution in [3.8, 4) is 0 Å². The summed E-state index contributed by atoms with van der Waals surface area (Å²) in [5, 5.41) is 0.465. The molecule has 0 radical (unpaired) electrons. The van der Waals surface area contributed by atoms with Gasteiger partial charge in [0.2, 0.25) is 0 Å². The van der Waals surface area contributed by atoms with Gasteiger partial charge in [-0.15, -0.1) is 0 Å². The van der Waals surface area contributed by atoms with Crippen LogP contribution in [0.3, 0.4) is 0 Å². The van der Waals surface area contributed by atoms with Crippen LogP contribution in [0, 0.1) is 5.41 Å². The topological polar surface area (TPSA) is 40.6 Å². The largest absolute Gasteiger partial charge is 0.471 e. The highest BCUT2D eigenvalue weighted by atomic mass is 35.5. The van der Waals surface area contributed by atoms with Gasteiger partial charge in [-0.1, -0.05) is 44.0 Å². The van der Waals surface area contributed by atoms with Crippen molar-refractivity contribution >= 4 is 40.7 Å². The van der Waals surface area contributed by atoms with Crippen LogP contribution in [0.4, 0.5) is 18.9 Å². The van der Waals surface area contributed by atoms with E-state index in [1.165, 1.54) is 25.1 Å². The highest BCUT2D eigenvalue weighted by Gasteiger charge is 2.57. The van der Waals surface area contributed by atoms with Crippen LogP contribution >= 0.6 is 23.2 Å². The van der Waals surface area contributed by atoms with Crippen LogP contribution in [-0.2, 0) is 9.59 Å². The fourth-order valence-electron chi connectivity index (χ4n) is 2.96. The molecule has 25 heavy (non-hydrogen) atoms. The molecule has 0 N–H and O–H groups in total. The van der Waals surface area contributed by atoms with Gasteiger partial charge in [0.25, 0.3) is 5.91 Å². The van der Waals surface area contributed by atoms with E-state index >= 15 is 0 Å². The fraction of sp³-hybridized carbons (Fsp3) is 0.500. The zero-order valence-corrected chi connectivity index (χ0v) is 15.5. The highest BCUT2D eigenvalue weighted by Crippen LogP contribution is 2.41. The molecule has 1 aliphatic heterocycles. The van der Waals surface area contributed by atoms with E-state index in [1.54, 1.807) is 20.8 Å². The van der Waals surface area contributed by atoms with Crippen molar-refractivity contribution in [2.45, 2.75) is 46.1 Å². The van der Waals surface area contributed by atoms with Gasteiger partial charge in [-0.3, -0.25) is 14.5 Å². The number of amides is 2. The van der Waals surface area contributed by atoms with Crippen LogP contribution in [0.5, 0.6) is 0 Å². The summed E-state index contributed by atoms with van der Waals surface area (Å²) >= 11 is 11.9. The molecule has 2 unspecified atom stereocenters. The average molecular weight is 397 g/mol. The van der Waals surface area contributed by atoms with E-state index in [1.807, 2.05) is 0 Å². The molecule has 1 heterocycles. The average Bonchev–Trinajstić information content (AvgIpc) is 2.68. The van der Waals surface area contributed by atoms with E-state index in [2.05, 4.69) is 0 Å². The zero-order valence-electron chi connectivity index (χ0n) is 14.0. The van der Waals surface area contributed by atoms with Crippen LogP contribution in [0.15, 0.2) is 18.2 Å². The Balaban J connectivity index is 2.63. The van der Waals surface area contributed by atoms with E-state index in [0.29, 0.717) is 4.90 Å². The van der Waals surface area contributed by atoms with Gasteiger partial charge in [-0.2, -0.15) is 13.2 Å². The minimum Gasteiger partial charge on any atom is -0.302 e. The van der Waals surface area contributed by atoms with E-state index < -0.39 is 35.6 Å². The molecule has 0 spiro atoms. The van der Waals surface area contributed by atoms with E-state index in [-0.39, 0.29) is 15.7 Å². The molecular formula is C16H17Cl2F3N2O2. The Hall–Kier alpha value is -1.47. The Kier molecular flexibility index (Phi) is 5.05. The first-order chi connectivity index (χ1) is 11.2. The third-order valence-corrected chi connectivity index (χ3v) is 4.33. The molecule has 2 amide bonds. The van der Waals surface area contributed by atoms with Crippen molar-refractivity contribution < 1.29 is 22.8 Å². The lowest BCUT2D eigenvalue weighted by Crippen LogP contribution is -2.55. The molecule has 0 aromatic heterocycles. The maximum absolute atomic E-state index is 13.1. The molecule has 1 aromatic rings. The number of rotatable bonds is 1. The summed E-state index contributed by atoms with van der Waals surface area (Å²) in [6, 6.07) is 3.04. The molecule has 0 bridgehead atoms. The third kappa shape index (κ3) is 3.72. The molecule has 1 aliphatic rings. The highest BCUT2D eigenvalue weighted by molar-refractivity contribution is 6.35. The van der Waals surface area contributed by atoms with Gasteiger partial charge in [0, 0.05) is 21.1 Å². The van der Waals surface area contributed by atoms with Crippen LogP contribution in [0.25, 0.3) is 0 Å². The minimum absolute atomic E-state index is 0.233. The smallest absolute Gasteiger partial charge is 0.302 e. The van der Waals surface area contributed by atoms with Gasteiger partial charge in [-0.05, 0) is 25.1 Å². The second-order valence-electron chi connectivity index (χ2n) is 6.96. The Bertz CT molecular complexity index is 696. The van der Waals surface area contributed by atoms with Gasteiger partial charge in [0.15, 0.2) is 0 Å². The van der Waals surface area contributed by atoms with Crippen molar-refractivity contribution in [2.24, 2.45) is 5.41 Å². The molecule has 1 aromatic carbocycles. The number of benzene rings is 1. The summed E-state index contributed by atoms with van der Waals surface area (Å²) in [4.78, 5) is 26.4. The van der Waals surface area contributed by atoms with Crippen molar-refractivity contribution in [1.29, 1.82) is 0 Å². The number of carbonyl (C=O) groups excluding carboxylic acids is 2. The monoisotopic (exact) mass is 396 g/mol. The summed E-state index contributed by atoms with van der Waals surface area (Å²) < 4.78 is 39.2. The number of nitrogens with zero attached hydrogens (tertiary/aromatic N) is 2. The molecular weight excluding hydrogens is 380 g/mol. The van der Waals surface area contributed by atoms with Gasteiger partial charge >= 0.3 is 12.1 Å². The van der Waals surface area contributed by atoms with E-state index in [0.717, 1.165) is 4.90 Å². The maximum Gasteiger partial charge on any atom is 0.471 e. The molecule has 138 valence electrons. The normalized spacial score (nSPS) is 21.9. The second-order valence-corrected chi connectivity index (χ2v) is 7.83. The van der Waals surface area contributed by atoms with Crippen LogP contribution in [0.1, 0.15) is 27.7 Å². The Morgan fingerprint density at radius 3 is 1.96 bits per heavy atom. The predicted molar refractivity (Wildman–Crippen MR) is 89.6 cm³/mol. The molecule has 2 atom stereocenters. The molecule has 0 saturated carbocycles. The molecule has 9 heteroatoms. The Morgan fingerprint density at radius 1 is 1.08 bits per heavy atom. The Morgan fingerprint density at radius 2 is 1.56 bits per heavy atom. The molecule has 4 nitrogen and oxygen atoms in total. The summed E-state index contributed by atoms with van der Waals surface area (Å²) in [5.41, 5.74) is -0.609. The molecule has 1 fully saturated rings. The predicted octanol–water partition coefficient (Wildman–Crippen LogP) is 4.49.